The van der Waals surface area contributed by atoms with Gasteiger partial charge in [-0.1, -0.05) is 46.6 Å². The molecule has 0 amide bonds. The van der Waals surface area contributed by atoms with Gasteiger partial charge in [0.1, 0.15) is 19.3 Å². The predicted octanol–water partition coefficient (Wildman–Crippen LogP) is 4.82. The molecular weight excluding hydrogens is 375 g/mol. The average molecular weight is 418 g/mol. The lowest BCUT2D eigenvalue weighted by molar-refractivity contribution is -0.150. The van der Waals surface area contributed by atoms with Crippen LogP contribution in [0.25, 0.3) is 0 Å². The third kappa shape index (κ3) is 12.5. The number of hydrogen-bond acceptors (Lipinski definition) is 5. The summed E-state index contributed by atoms with van der Waals surface area (Å²) in [6.45, 7) is 11.4. The fourth-order valence-corrected chi connectivity index (χ4v) is 8.04. The summed E-state index contributed by atoms with van der Waals surface area (Å²) < 4.78 is 10.1. The lowest BCUT2D eigenvalue weighted by Gasteiger charge is -2.27. The molecule has 0 aliphatic heterocycles. The van der Waals surface area contributed by atoms with E-state index >= 15 is 0 Å². The van der Waals surface area contributed by atoms with E-state index in [4.69, 9.17) is 9.47 Å². The Kier molecular flexibility index (Phi) is 15.4. The van der Waals surface area contributed by atoms with Crippen molar-refractivity contribution >= 4 is 19.2 Å². The van der Waals surface area contributed by atoms with Gasteiger partial charge in [-0.3, -0.25) is 4.79 Å². The molecule has 0 saturated carbocycles. The van der Waals surface area contributed by atoms with Crippen LogP contribution >= 0.6 is 7.26 Å². The van der Waals surface area contributed by atoms with Gasteiger partial charge in [-0.05, 0) is 26.2 Å². The van der Waals surface area contributed by atoms with Gasteiger partial charge in [0.15, 0.2) is 0 Å². The van der Waals surface area contributed by atoms with Crippen LogP contribution < -0.4 is 0 Å². The van der Waals surface area contributed by atoms with Gasteiger partial charge in [0.05, 0.1) is 31.1 Å². The molecule has 0 spiro atoms. The zero-order valence-corrected chi connectivity index (χ0v) is 19.4. The lowest BCUT2D eigenvalue weighted by Crippen LogP contribution is -2.26. The maximum Gasteiger partial charge on any atom is 0.333 e. The van der Waals surface area contributed by atoms with Crippen LogP contribution in [-0.4, -0.2) is 61.0 Å². The number of ether oxygens (including phenoxy) is 2. The molecule has 1 atom stereocenters. The second kappa shape index (κ2) is 15.9. The highest BCUT2D eigenvalue weighted by Gasteiger charge is 2.36. The maximum absolute atomic E-state index is 12.2. The first-order chi connectivity index (χ1) is 13.3. The van der Waals surface area contributed by atoms with Crippen LogP contribution in [0.15, 0.2) is 12.2 Å². The number of rotatable bonds is 17. The molecule has 0 radical (unpaired) electrons. The minimum absolute atomic E-state index is 0.146. The van der Waals surface area contributed by atoms with Crippen molar-refractivity contribution in [3.8, 4) is 0 Å². The van der Waals surface area contributed by atoms with Crippen molar-refractivity contribution in [1.82, 2.24) is 0 Å². The second-order valence-corrected chi connectivity index (χ2v) is 12.2. The molecule has 5 nitrogen and oxygen atoms in total. The van der Waals surface area contributed by atoms with Gasteiger partial charge in [-0.25, -0.2) is 4.79 Å². The Hall–Kier alpha value is -0.930. The highest BCUT2D eigenvalue weighted by Crippen LogP contribution is 2.61. The summed E-state index contributed by atoms with van der Waals surface area (Å²) in [7, 11) is -1.13. The third-order valence-electron chi connectivity index (χ3n) is 4.94. The Morgan fingerprint density at radius 2 is 1.36 bits per heavy atom. The van der Waals surface area contributed by atoms with E-state index in [1.165, 1.54) is 57.0 Å². The van der Waals surface area contributed by atoms with E-state index in [-0.39, 0.29) is 24.8 Å². The Morgan fingerprint density at radius 3 is 1.79 bits per heavy atom. The number of aliphatic hydroxyl groups is 1. The Bertz CT molecular complexity index is 442. The number of carbonyl (C=O) groups is 2. The number of aliphatic hydroxyl groups excluding tert-OH is 1. The van der Waals surface area contributed by atoms with E-state index < -0.39 is 19.3 Å². The summed E-state index contributed by atoms with van der Waals surface area (Å²) in [5.74, 6) is -0.818. The summed E-state index contributed by atoms with van der Waals surface area (Å²) in [5.41, 5.74) is 0.274. The molecule has 0 fully saturated rings. The summed E-state index contributed by atoms with van der Waals surface area (Å²) in [4.78, 5) is 23.5. The Labute approximate surface area is 172 Å². The van der Waals surface area contributed by atoms with Crippen molar-refractivity contribution < 1.29 is 24.2 Å². The van der Waals surface area contributed by atoms with Crippen LogP contribution in [0.1, 0.15) is 72.6 Å². The van der Waals surface area contributed by atoms with Crippen molar-refractivity contribution in [2.24, 2.45) is 0 Å². The lowest BCUT2D eigenvalue weighted by atomic mass is 10.3. The molecule has 0 heterocycles. The van der Waals surface area contributed by atoms with Crippen molar-refractivity contribution in [1.29, 1.82) is 0 Å². The highest BCUT2D eigenvalue weighted by molar-refractivity contribution is 7.75. The molecule has 0 aliphatic rings. The summed E-state index contributed by atoms with van der Waals surface area (Å²) in [6, 6.07) is 0. The van der Waals surface area contributed by atoms with Gasteiger partial charge in [-0.2, -0.15) is 0 Å². The summed E-state index contributed by atoms with van der Waals surface area (Å²) in [6.07, 6.45) is 11.5. The van der Waals surface area contributed by atoms with Gasteiger partial charge in [0.25, 0.3) is 0 Å². The smallest absolute Gasteiger partial charge is 0.333 e. The highest BCUT2D eigenvalue weighted by atomic mass is 31.2. The standard InChI is InChI=1S/C22H42O5P/c1-6-9-13-28(14-10-7-2,15-11-8-3)16-12-21(24)26-17-20(23)18-27-22(25)19(4)5/h20,23H,4,6-18H2,1-3,5H3/q+1. The fourth-order valence-electron chi connectivity index (χ4n) is 3.08. The second-order valence-electron chi connectivity index (χ2n) is 7.76. The molecule has 0 aromatic heterocycles. The van der Waals surface area contributed by atoms with Gasteiger partial charge in [0.2, 0.25) is 0 Å². The van der Waals surface area contributed by atoms with Gasteiger partial charge < -0.3 is 14.6 Å². The van der Waals surface area contributed by atoms with Crippen molar-refractivity contribution in [3.63, 3.8) is 0 Å². The number of esters is 2. The molecule has 0 aromatic carbocycles. The first-order valence-corrected chi connectivity index (χ1v) is 13.3. The van der Waals surface area contributed by atoms with E-state index in [1.54, 1.807) is 6.92 Å². The zero-order chi connectivity index (χ0) is 21.4. The fraction of sp³-hybridized carbons (Fsp3) is 0.818. The molecule has 1 unspecified atom stereocenters. The van der Waals surface area contributed by atoms with Crippen molar-refractivity contribution in [2.45, 2.75) is 78.7 Å². The van der Waals surface area contributed by atoms with Crippen LogP contribution in [0.2, 0.25) is 0 Å². The van der Waals surface area contributed by atoms with Crippen LogP contribution in [0.5, 0.6) is 0 Å². The average Bonchev–Trinajstić information content (AvgIpc) is 2.69. The maximum atomic E-state index is 12.2. The number of unbranched alkanes of at least 4 members (excludes halogenated alkanes) is 3. The minimum atomic E-state index is -1.13. The molecule has 28 heavy (non-hydrogen) atoms. The van der Waals surface area contributed by atoms with Crippen molar-refractivity contribution in [2.75, 3.05) is 37.9 Å². The van der Waals surface area contributed by atoms with E-state index in [0.717, 1.165) is 6.16 Å². The van der Waals surface area contributed by atoms with E-state index in [9.17, 15) is 14.7 Å². The van der Waals surface area contributed by atoms with Crippen LogP contribution in [0.4, 0.5) is 0 Å². The molecule has 164 valence electrons. The molecule has 0 rings (SSSR count). The first-order valence-electron chi connectivity index (χ1n) is 10.8. The van der Waals surface area contributed by atoms with Gasteiger partial charge in [-0.15, -0.1) is 0 Å². The quantitative estimate of drug-likeness (QED) is 0.209. The first kappa shape index (κ1) is 27.1. The largest absolute Gasteiger partial charge is 0.463 e. The molecule has 0 aliphatic carbocycles. The Balaban J connectivity index is 4.53. The normalized spacial score (nSPS) is 12.5. The SMILES string of the molecule is C=C(C)C(=O)OCC(O)COC(=O)CC[P+](CCCC)(CCCC)CCCC. The van der Waals surface area contributed by atoms with Crippen molar-refractivity contribution in [3.05, 3.63) is 12.2 Å². The van der Waals surface area contributed by atoms with E-state index in [0.29, 0.717) is 6.42 Å². The summed E-state index contributed by atoms with van der Waals surface area (Å²) >= 11 is 0. The molecule has 0 aromatic rings. The monoisotopic (exact) mass is 417 g/mol. The van der Waals surface area contributed by atoms with E-state index in [2.05, 4.69) is 27.4 Å². The predicted molar refractivity (Wildman–Crippen MR) is 118 cm³/mol. The zero-order valence-electron chi connectivity index (χ0n) is 18.5. The van der Waals surface area contributed by atoms with E-state index in [1.807, 2.05) is 0 Å². The third-order valence-corrected chi connectivity index (χ3v) is 9.91. The van der Waals surface area contributed by atoms with Crippen LogP contribution in [0, 0.1) is 0 Å². The minimum Gasteiger partial charge on any atom is -0.463 e. The molecule has 1 N–H and O–H groups in total. The molecular formula is C22H42O5P+. The van der Waals surface area contributed by atoms with Gasteiger partial charge in [0, 0.05) is 12.8 Å². The molecule has 0 saturated heterocycles. The molecule has 6 heteroatoms. The van der Waals surface area contributed by atoms with Crippen LogP contribution in [0.3, 0.4) is 0 Å². The Morgan fingerprint density at radius 1 is 0.893 bits per heavy atom. The van der Waals surface area contributed by atoms with Gasteiger partial charge >= 0.3 is 11.9 Å². The summed E-state index contributed by atoms with van der Waals surface area (Å²) in [5, 5.41) is 9.83. The number of hydrogen-bond donors (Lipinski definition) is 1. The number of carbonyl (C=O) groups excluding carboxylic acids is 2. The topological polar surface area (TPSA) is 72.8 Å². The van der Waals surface area contributed by atoms with Crippen LogP contribution in [-0.2, 0) is 19.1 Å². The molecule has 0 bridgehead atoms.